The summed E-state index contributed by atoms with van der Waals surface area (Å²) in [6.07, 6.45) is 0.930. The third-order valence-corrected chi connectivity index (χ3v) is 4.96. The molecule has 0 radical (unpaired) electrons. The molecule has 2 heterocycles. The predicted molar refractivity (Wildman–Crippen MR) is 102 cm³/mol. The van der Waals surface area contributed by atoms with Gasteiger partial charge in [-0.3, -0.25) is 14.5 Å². The Bertz CT molecular complexity index is 791. The molecule has 0 saturated carbocycles. The Morgan fingerprint density at radius 3 is 2.85 bits per heavy atom. The minimum Gasteiger partial charge on any atom is -0.477 e. The van der Waals surface area contributed by atoms with Gasteiger partial charge in [0.2, 0.25) is 5.91 Å². The zero-order valence-electron chi connectivity index (χ0n) is 14.3. The Balaban J connectivity index is 1.78. The molecule has 1 aliphatic rings. The van der Waals surface area contributed by atoms with Crippen LogP contribution in [-0.2, 0) is 16.1 Å². The quantitative estimate of drug-likeness (QED) is 0.756. The Hall–Kier alpha value is -2.64. The molecular formula is C19H21N3O3S. The maximum absolute atomic E-state index is 13.0. The van der Waals surface area contributed by atoms with Crippen molar-refractivity contribution in [1.82, 2.24) is 4.90 Å². The number of rotatable bonds is 7. The molecule has 0 bridgehead atoms. The first-order chi connectivity index (χ1) is 12.6. The largest absolute Gasteiger partial charge is 0.477 e. The van der Waals surface area contributed by atoms with Crippen molar-refractivity contribution in [3.63, 3.8) is 0 Å². The van der Waals surface area contributed by atoms with Gasteiger partial charge in [0.05, 0.1) is 18.8 Å². The average Bonchev–Trinajstić information content (AvgIpc) is 3.13. The Labute approximate surface area is 156 Å². The van der Waals surface area contributed by atoms with Crippen LogP contribution in [0, 0.1) is 0 Å². The summed E-state index contributed by atoms with van der Waals surface area (Å²) in [7, 11) is 0. The summed E-state index contributed by atoms with van der Waals surface area (Å²) in [6.45, 7) is 5.37. The number of anilines is 1. The van der Waals surface area contributed by atoms with Crippen molar-refractivity contribution in [3.05, 3.63) is 59.3 Å². The van der Waals surface area contributed by atoms with Crippen LogP contribution in [0.25, 0.3) is 0 Å². The number of ether oxygens (including phenoxy) is 1. The maximum Gasteiger partial charge on any atom is 0.260 e. The van der Waals surface area contributed by atoms with E-state index < -0.39 is 12.0 Å². The van der Waals surface area contributed by atoms with Gasteiger partial charge >= 0.3 is 0 Å². The molecule has 2 aromatic rings. The molecule has 136 valence electrons. The number of hydrogen-bond donors (Lipinski definition) is 1. The number of benzene rings is 1. The molecule has 26 heavy (non-hydrogen) atoms. The standard InChI is InChI=1S/C19H21N3O3S/c1-2-9-21(11-14-6-5-10-26-14)13-18(23)22-12-17(19(20)24)25-16-8-4-3-7-15(16)22/h2-8,10,17H,1,9,11-13H2,(H2,20,24). The second-order valence-electron chi connectivity index (χ2n) is 6.02. The van der Waals surface area contributed by atoms with E-state index in [9.17, 15) is 9.59 Å². The SMILES string of the molecule is C=CCN(CC(=O)N1CC(C(N)=O)Oc2ccccc21)Cc1cccs1. The molecule has 1 aromatic heterocycles. The monoisotopic (exact) mass is 371 g/mol. The van der Waals surface area contributed by atoms with E-state index in [1.165, 1.54) is 4.88 Å². The number of primary amides is 1. The zero-order valence-corrected chi connectivity index (χ0v) is 15.2. The predicted octanol–water partition coefficient (Wildman–Crippen LogP) is 2.02. The van der Waals surface area contributed by atoms with Crippen LogP contribution >= 0.6 is 11.3 Å². The van der Waals surface area contributed by atoms with Gasteiger partial charge in [-0.05, 0) is 23.6 Å². The van der Waals surface area contributed by atoms with Crippen molar-refractivity contribution in [1.29, 1.82) is 0 Å². The number of carbonyl (C=O) groups excluding carboxylic acids is 2. The average molecular weight is 371 g/mol. The summed E-state index contributed by atoms with van der Waals surface area (Å²) in [5.74, 6) is -0.200. The minimum atomic E-state index is -0.848. The molecule has 0 saturated heterocycles. The highest BCUT2D eigenvalue weighted by Crippen LogP contribution is 2.33. The minimum absolute atomic E-state index is 0.106. The van der Waals surface area contributed by atoms with Crippen molar-refractivity contribution < 1.29 is 14.3 Å². The van der Waals surface area contributed by atoms with Gasteiger partial charge in [0, 0.05) is 18.0 Å². The fraction of sp³-hybridized carbons (Fsp3) is 0.263. The van der Waals surface area contributed by atoms with E-state index >= 15 is 0 Å². The van der Waals surface area contributed by atoms with Crippen LogP contribution in [-0.4, -0.2) is 42.5 Å². The molecule has 0 aliphatic carbocycles. The lowest BCUT2D eigenvalue weighted by atomic mass is 10.1. The van der Waals surface area contributed by atoms with E-state index in [1.807, 2.05) is 34.5 Å². The number of para-hydroxylation sites is 2. The van der Waals surface area contributed by atoms with Crippen molar-refractivity contribution in [2.24, 2.45) is 5.73 Å². The van der Waals surface area contributed by atoms with E-state index in [0.717, 1.165) is 0 Å². The number of amides is 2. The third kappa shape index (κ3) is 4.12. The number of fused-ring (bicyclic) bond motifs is 1. The Kier molecular flexibility index (Phi) is 5.70. The van der Waals surface area contributed by atoms with Gasteiger partial charge in [-0.1, -0.05) is 24.3 Å². The molecular weight excluding hydrogens is 350 g/mol. The fourth-order valence-electron chi connectivity index (χ4n) is 2.89. The maximum atomic E-state index is 13.0. The summed E-state index contributed by atoms with van der Waals surface area (Å²) in [4.78, 5) is 29.4. The van der Waals surface area contributed by atoms with Crippen LogP contribution in [0.15, 0.2) is 54.4 Å². The number of nitrogens with two attached hydrogens (primary N) is 1. The second kappa shape index (κ2) is 8.16. The van der Waals surface area contributed by atoms with Gasteiger partial charge in [0.15, 0.2) is 6.10 Å². The molecule has 7 heteroatoms. The summed E-state index contributed by atoms with van der Waals surface area (Å²) < 4.78 is 5.61. The van der Waals surface area contributed by atoms with Gasteiger partial charge in [0.1, 0.15) is 5.75 Å². The molecule has 2 amide bonds. The third-order valence-electron chi connectivity index (χ3n) is 4.10. The van der Waals surface area contributed by atoms with Gasteiger partial charge in [-0.15, -0.1) is 17.9 Å². The van der Waals surface area contributed by atoms with E-state index in [1.54, 1.807) is 34.4 Å². The van der Waals surface area contributed by atoms with Crippen molar-refractivity contribution >= 4 is 28.8 Å². The summed E-state index contributed by atoms with van der Waals surface area (Å²) in [5.41, 5.74) is 6.06. The summed E-state index contributed by atoms with van der Waals surface area (Å²) in [6, 6.07) is 11.2. The van der Waals surface area contributed by atoms with Gasteiger partial charge in [-0.25, -0.2) is 0 Å². The van der Waals surface area contributed by atoms with Crippen molar-refractivity contribution in [2.45, 2.75) is 12.6 Å². The van der Waals surface area contributed by atoms with E-state index in [0.29, 0.717) is 24.5 Å². The first-order valence-corrected chi connectivity index (χ1v) is 9.17. The van der Waals surface area contributed by atoms with Crippen LogP contribution in [0.5, 0.6) is 5.75 Å². The van der Waals surface area contributed by atoms with Gasteiger partial charge in [-0.2, -0.15) is 0 Å². The molecule has 6 nitrogen and oxygen atoms in total. The lowest BCUT2D eigenvalue weighted by Crippen LogP contribution is -2.51. The highest BCUT2D eigenvalue weighted by molar-refractivity contribution is 7.09. The highest BCUT2D eigenvalue weighted by atomic mass is 32.1. The smallest absolute Gasteiger partial charge is 0.260 e. The molecule has 1 aromatic carbocycles. The van der Waals surface area contributed by atoms with E-state index in [2.05, 4.69) is 6.58 Å². The normalized spacial score (nSPS) is 16.0. The molecule has 1 aliphatic heterocycles. The summed E-state index contributed by atoms with van der Waals surface area (Å²) in [5, 5.41) is 2.01. The Morgan fingerprint density at radius 1 is 1.35 bits per heavy atom. The lowest BCUT2D eigenvalue weighted by Gasteiger charge is -2.34. The highest BCUT2D eigenvalue weighted by Gasteiger charge is 2.33. The second-order valence-corrected chi connectivity index (χ2v) is 7.05. The molecule has 0 fully saturated rings. The number of carbonyl (C=O) groups is 2. The first-order valence-electron chi connectivity index (χ1n) is 8.29. The summed E-state index contributed by atoms with van der Waals surface area (Å²) >= 11 is 1.65. The molecule has 2 N–H and O–H groups in total. The Morgan fingerprint density at radius 2 is 2.15 bits per heavy atom. The van der Waals surface area contributed by atoms with Crippen LogP contribution in [0.1, 0.15) is 4.88 Å². The molecule has 1 unspecified atom stereocenters. The van der Waals surface area contributed by atoms with Crippen LogP contribution in [0.4, 0.5) is 5.69 Å². The molecule has 1 atom stereocenters. The van der Waals surface area contributed by atoms with Crippen LogP contribution in [0.3, 0.4) is 0 Å². The first kappa shape index (κ1) is 18.2. The van der Waals surface area contributed by atoms with Gasteiger partial charge < -0.3 is 15.4 Å². The molecule has 3 rings (SSSR count). The molecule has 0 spiro atoms. The number of hydrogen-bond acceptors (Lipinski definition) is 5. The fourth-order valence-corrected chi connectivity index (χ4v) is 3.63. The number of thiophene rings is 1. The topological polar surface area (TPSA) is 75.9 Å². The zero-order chi connectivity index (χ0) is 18.5. The van der Waals surface area contributed by atoms with Crippen LogP contribution < -0.4 is 15.4 Å². The lowest BCUT2D eigenvalue weighted by molar-refractivity contribution is -0.125. The van der Waals surface area contributed by atoms with E-state index in [4.69, 9.17) is 10.5 Å². The van der Waals surface area contributed by atoms with Crippen LogP contribution in [0.2, 0.25) is 0 Å². The van der Waals surface area contributed by atoms with Crippen molar-refractivity contribution in [3.8, 4) is 5.75 Å². The van der Waals surface area contributed by atoms with Gasteiger partial charge in [0.25, 0.3) is 5.91 Å². The van der Waals surface area contributed by atoms with Crippen molar-refractivity contribution in [2.75, 3.05) is 24.5 Å². The number of nitrogens with zero attached hydrogens (tertiary/aromatic N) is 2. The van der Waals surface area contributed by atoms with E-state index in [-0.39, 0.29) is 19.0 Å².